The van der Waals surface area contributed by atoms with Crippen LogP contribution >= 0.6 is 15.9 Å². The van der Waals surface area contributed by atoms with E-state index in [0.29, 0.717) is 11.5 Å². The molecule has 26 heavy (non-hydrogen) atoms. The summed E-state index contributed by atoms with van der Waals surface area (Å²) in [6.45, 7) is 2.09. The molecule has 2 rings (SSSR count). The Kier molecular flexibility index (Phi) is 7.54. The number of aliphatic hydroxyl groups is 1. The maximum absolute atomic E-state index is 11.1. The first kappa shape index (κ1) is 20.3. The van der Waals surface area contributed by atoms with Gasteiger partial charge < -0.3 is 19.3 Å². The fourth-order valence-corrected chi connectivity index (χ4v) is 3.36. The van der Waals surface area contributed by atoms with Crippen LogP contribution in [0.3, 0.4) is 0 Å². The maximum Gasteiger partial charge on any atom is 0.137 e. The van der Waals surface area contributed by atoms with Crippen molar-refractivity contribution in [2.75, 3.05) is 21.3 Å². The summed E-state index contributed by atoms with van der Waals surface area (Å²) in [5.74, 6) is 2.07. The van der Waals surface area contributed by atoms with E-state index in [9.17, 15) is 5.11 Å². The number of benzene rings is 2. The summed E-state index contributed by atoms with van der Waals surface area (Å²) in [4.78, 5) is 0. The molecule has 2 aromatic carbocycles. The quantitative estimate of drug-likeness (QED) is 0.621. The average molecular weight is 421 g/mol. The Morgan fingerprint density at radius 3 is 2.23 bits per heavy atom. The topological polar surface area (TPSA) is 47.9 Å². The molecule has 1 atom stereocenters. The highest BCUT2D eigenvalue weighted by Gasteiger charge is 2.20. The van der Waals surface area contributed by atoms with Crippen LogP contribution < -0.4 is 14.2 Å². The summed E-state index contributed by atoms with van der Waals surface area (Å²) in [7, 11) is 4.83. The SMILES string of the molecule is CCC/C(=C\c1ccc(OC)cc1)C(O)c1cc(OC)cc(OC)c1Br. The minimum atomic E-state index is -0.768. The van der Waals surface area contributed by atoms with Gasteiger partial charge >= 0.3 is 0 Å². The van der Waals surface area contributed by atoms with Gasteiger partial charge in [0.2, 0.25) is 0 Å². The van der Waals surface area contributed by atoms with Crippen molar-refractivity contribution in [3.05, 3.63) is 57.6 Å². The van der Waals surface area contributed by atoms with E-state index in [1.807, 2.05) is 36.4 Å². The summed E-state index contributed by atoms with van der Waals surface area (Å²) in [6.07, 6.45) is 2.96. The van der Waals surface area contributed by atoms with Crippen molar-refractivity contribution in [3.8, 4) is 17.2 Å². The van der Waals surface area contributed by atoms with E-state index in [1.165, 1.54) is 0 Å². The van der Waals surface area contributed by atoms with E-state index in [0.717, 1.165) is 39.8 Å². The number of halogens is 1. The van der Waals surface area contributed by atoms with Gasteiger partial charge in [0.15, 0.2) is 0 Å². The first-order chi connectivity index (χ1) is 12.5. The lowest BCUT2D eigenvalue weighted by molar-refractivity contribution is 0.210. The van der Waals surface area contributed by atoms with E-state index in [4.69, 9.17) is 14.2 Å². The fourth-order valence-electron chi connectivity index (χ4n) is 2.75. The lowest BCUT2D eigenvalue weighted by Gasteiger charge is -2.19. The standard InChI is InChI=1S/C21H25BrO4/c1-5-6-15(11-14-7-9-16(24-2)10-8-14)21(23)18-12-17(25-3)13-19(26-4)20(18)22/h7-13,21,23H,5-6H2,1-4H3/b15-11+. The number of hydrogen-bond acceptors (Lipinski definition) is 4. The largest absolute Gasteiger partial charge is 0.497 e. The van der Waals surface area contributed by atoms with Crippen LogP contribution in [0, 0.1) is 0 Å². The Hall–Kier alpha value is -1.98. The second kappa shape index (κ2) is 9.64. The van der Waals surface area contributed by atoms with Crippen molar-refractivity contribution in [3.63, 3.8) is 0 Å². The Labute approximate surface area is 163 Å². The number of hydrogen-bond donors (Lipinski definition) is 1. The molecule has 0 radical (unpaired) electrons. The third-order valence-electron chi connectivity index (χ3n) is 4.15. The first-order valence-corrected chi connectivity index (χ1v) is 9.27. The van der Waals surface area contributed by atoms with Gasteiger partial charge in [0, 0.05) is 11.6 Å². The van der Waals surface area contributed by atoms with E-state index in [2.05, 4.69) is 22.9 Å². The van der Waals surface area contributed by atoms with Crippen LogP contribution in [0.15, 0.2) is 46.4 Å². The zero-order chi connectivity index (χ0) is 19.1. The lowest BCUT2D eigenvalue weighted by Crippen LogP contribution is -2.04. The molecule has 0 aromatic heterocycles. The Morgan fingerprint density at radius 1 is 1.04 bits per heavy atom. The van der Waals surface area contributed by atoms with Crippen LogP contribution in [-0.2, 0) is 0 Å². The zero-order valence-electron chi connectivity index (χ0n) is 15.6. The van der Waals surface area contributed by atoms with Crippen molar-refractivity contribution in [1.29, 1.82) is 0 Å². The number of ether oxygens (including phenoxy) is 3. The summed E-state index contributed by atoms with van der Waals surface area (Å²) in [5.41, 5.74) is 2.65. The summed E-state index contributed by atoms with van der Waals surface area (Å²) in [6, 6.07) is 11.4. The van der Waals surface area contributed by atoms with Crippen molar-refractivity contribution < 1.29 is 19.3 Å². The summed E-state index contributed by atoms with van der Waals surface area (Å²) < 4.78 is 16.7. The van der Waals surface area contributed by atoms with Crippen LogP contribution in [0.2, 0.25) is 0 Å². The van der Waals surface area contributed by atoms with Crippen LogP contribution in [-0.4, -0.2) is 26.4 Å². The van der Waals surface area contributed by atoms with Crippen LogP contribution in [0.25, 0.3) is 6.08 Å². The van der Waals surface area contributed by atoms with E-state index in [-0.39, 0.29) is 0 Å². The van der Waals surface area contributed by atoms with Gasteiger partial charge in [-0.05, 0) is 51.7 Å². The van der Waals surface area contributed by atoms with Crippen LogP contribution in [0.5, 0.6) is 17.2 Å². The molecule has 0 fully saturated rings. The van der Waals surface area contributed by atoms with Crippen molar-refractivity contribution in [2.45, 2.75) is 25.9 Å². The highest BCUT2D eigenvalue weighted by atomic mass is 79.9. The zero-order valence-corrected chi connectivity index (χ0v) is 17.2. The van der Waals surface area contributed by atoms with E-state index in [1.54, 1.807) is 27.4 Å². The predicted molar refractivity (Wildman–Crippen MR) is 108 cm³/mol. The molecule has 0 heterocycles. The third kappa shape index (κ3) is 4.80. The molecule has 0 aliphatic heterocycles. The van der Waals surface area contributed by atoms with Crippen molar-refractivity contribution in [1.82, 2.24) is 0 Å². The van der Waals surface area contributed by atoms with Gasteiger partial charge in [0.1, 0.15) is 23.4 Å². The van der Waals surface area contributed by atoms with Gasteiger partial charge in [0.05, 0.1) is 25.8 Å². The van der Waals surface area contributed by atoms with Crippen LogP contribution in [0.4, 0.5) is 0 Å². The third-order valence-corrected chi connectivity index (χ3v) is 5.00. The van der Waals surface area contributed by atoms with Crippen molar-refractivity contribution >= 4 is 22.0 Å². The molecule has 0 saturated heterocycles. The molecule has 140 valence electrons. The van der Waals surface area contributed by atoms with E-state index < -0.39 is 6.10 Å². The highest BCUT2D eigenvalue weighted by Crippen LogP contribution is 2.40. The molecule has 0 bridgehead atoms. The average Bonchev–Trinajstić information content (AvgIpc) is 2.68. The molecule has 0 spiro atoms. The first-order valence-electron chi connectivity index (χ1n) is 8.48. The molecule has 4 nitrogen and oxygen atoms in total. The molecule has 0 amide bonds. The minimum absolute atomic E-state index is 0.624. The van der Waals surface area contributed by atoms with Crippen LogP contribution in [0.1, 0.15) is 37.0 Å². The van der Waals surface area contributed by atoms with Gasteiger partial charge in [-0.15, -0.1) is 0 Å². The normalized spacial score (nSPS) is 12.6. The maximum atomic E-state index is 11.1. The molecule has 1 N–H and O–H groups in total. The summed E-state index contributed by atoms with van der Waals surface area (Å²) >= 11 is 3.54. The molecule has 0 aliphatic rings. The molecule has 0 saturated carbocycles. The predicted octanol–water partition coefficient (Wildman–Crippen LogP) is 5.39. The molecule has 0 aliphatic carbocycles. The lowest BCUT2D eigenvalue weighted by atomic mass is 9.95. The second-order valence-electron chi connectivity index (χ2n) is 5.88. The molecule has 5 heteroatoms. The monoisotopic (exact) mass is 420 g/mol. The molecule has 2 aromatic rings. The smallest absolute Gasteiger partial charge is 0.137 e. The number of aliphatic hydroxyl groups excluding tert-OH is 1. The fraction of sp³-hybridized carbons (Fsp3) is 0.333. The van der Waals surface area contributed by atoms with Gasteiger partial charge in [-0.25, -0.2) is 0 Å². The van der Waals surface area contributed by atoms with Gasteiger partial charge in [0.25, 0.3) is 0 Å². The van der Waals surface area contributed by atoms with Crippen molar-refractivity contribution in [2.24, 2.45) is 0 Å². The van der Waals surface area contributed by atoms with E-state index >= 15 is 0 Å². The number of rotatable bonds is 8. The van der Waals surface area contributed by atoms with Gasteiger partial charge in [-0.2, -0.15) is 0 Å². The Balaban J connectivity index is 2.44. The Morgan fingerprint density at radius 2 is 1.69 bits per heavy atom. The molecular weight excluding hydrogens is 396 g/mol. The van der Waals surface area contributed by atoms with Gasteiger partial charge in [-0.3, -0.25) is 0 Å². The second-order valence-corrected chi connectivity index (χ2v) is 6.67. The molecular formula is C21H25BrO4. The minimum Gasteiger partial charge on any atom is -0.497 e. The van der Waals surface area contributed by atoms with Gasteiger partial charge in [-0.1, -0.05) is 31.6 Å². The number of methoxy groups -OCH3 is 3. The highest BCUT2D eigenvalue weighted by molar-refractivity contribution is 9.10. The molecule has 1 unspecified atom stereocenters. The Bertz CT molecular complexity index is 753. The summed E-state index contributed by atoms with van der Waals surface area (Å²) in [5, 5.41) is 11.1.